The highest BCUT2D eigenvalue weighted by Crippen LogP contribution is 2.15. The zero-order valence-corrected chi connectivity index (χ0v) is 14.4. The molecule has 2 heterocycles. The largest absolute Gasteiger partial charge is 0.353 e. The predicted octanol–water partition coefficient (Wildman–Crippen LogP) is 2.10. The minimum absolute atomic E-state index is 0.167. The van der Waals surface area contributed by atoms with Gasteiger partial charge < -0.3 is 15.1 Å². The Balaban J connectivity index is 1.65. The smallest absolute Gasteiger partial charge is 0.256 e. The quantitative estimate of drug-likeness (QED) is 0.936. The molecular weight excluding hydrogens is 302 g/mol. The summed E-state index contributed by atoms with van der Waals surface area (Å²) >= 11 is 0. The van der Waals surface area contributed by atoms with Crippen molar-refractivity contribution in [1.29, 1.82) is 0 Å². The van der Waals surface area contributed by atoms with E-state index in [1.54, 1.807) is 6.07 Å². The lowest BCUT2D eigenvalue weighted by atomic mass is 10.1. The number of anilines is 2. The molecule has 1 aromatic heterocycles. The summed E-state index contributed by atoms with van der Waals surface area (Å²) in [7, 11) is 2.12. The first-order valence-corrected chi connectivity index (χ1v) is 8.19. The number of carbonyl (C=O) groups excluding carboxylic acids is 1. The molecule has 0 aliphatic carbocycles. The highest BCUT2D eigenvalue weighted by Gasteiger charge is 2.16. The summed E-state index contributed by atoms with van der Waals surface area (Å²) < 4.78 is 0. The molecule has 0 atom stereocenters. The first kappa shape index (κ1) is 16.4. The molecule has 3 rings (SSSR count). The summed E-state index contributed by atoms with van der Waals surface area (Å²) in [6, 6.07) is 9.38. The second kappa shape index (κ2) is 6.97. The van der Waals surface area contributed by atoms with Crippen molar-refractivity contribution in [3.63, 3.8) is 0 Å². The third-order valence-electron chi connectivity index (χ3n) is 4.49. The Hall–Kier alpha value is -2.47. The van der Waals surface area contributed by atoms with Gasteiger partial charge >= 0.3 is 0 Å². The van der Waals surface area contributed by atoms with Crippen molar-refractivity contribution in [2.24, 2.45) is 0 Å². The first-order chi connectivity index (χ1) is 11.5. The number of rotatable bonds is 3. The molecule has 6 heteroatoms. The van der Waals surface area contributed by atoms with Gasteiger partial charge in [-0.25, -0.2) is 0 Å². The van der Waals surface area contributed by atoms with Crippen LogP contribution in [0.1, 0.15) is 21.5 Å². The van der Waals surface area contributed by atoms with Gasteiger partial charge in [-0.15, -0.1) is 10.2 Å². The Morgan fingerprint density at radius 3 is 2.38 bits per heavy atom. The van der Waals surface area contributed by atoms with Crippen LogP contribution in [-0.4, -0.2) is 54.2 Å². The summed E-state index contributed by atoms with van der Waals surface area (Å²) in [5.74, 6) is 1.16. The highest BCUT2D eigenvalue weighted by molar-refractivity contribution is 6.03. The van der Waals surface area contributed by atoms with E-state index < -0.39 is 0 Å². The molecule has 24 heavy (non-hydrogen) atoms. The molecule has 0 bridgehead atoms. The third kappa shape index (κ3) is 3.71. The second-order valence-corrected chi connectivity index (χ2v) is 6.32. The fraction of sp³-hybridized carbons (Fsp3) is 0.389. The molecule has 0 saturated carbocycles. The minimum atomic E-state index is -0.167. The lowest BCUT2D eigenvalue weighted by Gasteiger charge is -2.32. The first-order valence-electron chi connectivity index (χ1n) is 8.19. The topological polar surface area (TPSA) is 61.4 Å². The van der Waals surface area contributed by atoms with Crippen LogP contribution in [-0.2, 0) is 0 Å². The number of aryl methyl sites for hydroxylation is 2. The average molecular weight is 325 g/mol. The molecule has 1 N–H and O–H groups in total. The summed E-state index contributed by atoms with van der Waals surface area (Å²) in [6.45, 7) is 7.95. The molecule has 1 saturated heterocycles. The summed E-state index contributed by atoms with van der Waals surface area (Å²) in [5.41, 5.74) is 2.89. The highest BCUT2D eigenvalue weighted by atomic mass is 16.1. The van der Waals surface area contributed by atoms with Crippen LogP contribution in [0.15, 0.2) is 30.3 Å². The molecule has 0 spiro atoms. The van der Waals surface area contributed by atoms with Gasteiger partial charge in [-0.05, 0) is 56.3 Å². The Bertz CT molecular complexity index is 721. The molecule has 1 aromatic carbocycles. The average Bonchev–Trinajstić information content (AvgIpc) is 2.59. The molecular formula is C18H23N5O. The minimum Gasteiger partial charge on any atom is -0.353 e. The lowest BCUT2D eigenvalue weighted by Crippen LogP contribution is -2.44. The number of hydrogen-bond acceptors (Lipinski definition) is 5. The Morgan fingerprint density at radius 1 is 1.00 bits per heavy atom. The standard InChI is InChI=1S/C18H23N5O/c1-13-4-5-15(12-14(13)2)18(24)19-16-6-7-17(21-20-16)23-10-8-22(3)9-11-23/h4-7,12H,8-11H2,1-3H3,(H,19,20,24). The van der Waals surface area contributed by atoms with E-state index in [1.807, 2.05) is 38.1 Å². The zero-order valence-electron chi connectivity index (χ0n) is 14.4. The molecule has 1 aliphatic rings. The van der Waals surface area contributed by atoms with E-state index in [4.69, 9.17) is 0 Å². The molecule has 2 aromatic rings. The van der Waals surface area contributed by atoms with Gasteiger partial charge in [0.05, 0.1) is 0 Å². The molecule has 6 nitrogen and oxygen atoms in total. The number of nitrogens with zero attached hydrogens (tertiary/aromatic N) is 4. The molecule has 0 unspecified atom stereocenters. The van der Waals surface area contributed by atoms with E-state index in [2.05, 4.69) is 32.4 Å². The van der Waals surface area contributed by atoms with E-state index in [0.717, 1.165) is 37.6 Å². The normalized spacial score (nSPS) is 15.4. The predicted molar refractivity (Wildman–Crippen MR) is 95.6 cm³/mol. The van der Waals surface area contributed by atoms with Crippen molar-refractivity contribution in [2.45, 2.75) is 13.8 Å². The SMILES string of the molecule is Cc1ccc(C(=O)Nc2ccc(N3CCN(C)CC3)nn2)cc1C. The number of carbonyl (C=O) groups is 1. The van der Waals surface area contributed by atoms with Crippen LogP contribution in [0.4, 0.5) is 11.6 Å². The Morgan fingerprint density at radius 2 is 1.75 bits per heavy atom. The van der Waals surface area contributed by atoms with Crippen LogP contribution in [0.3, 0.4) is 0 Å². The van der Waals surface area contributed by atoms with Gasteiger partial charge in [0, 0.05) is 31.7 Å². The van der Waals surface area contributed by atoms with E-state index in [0.29, 0.717) is 11.4 Å². The summed E-state index contributed by atoms with van der Waals surface area (Å²) in [6.07, 6.45) is 0. The van der Waals surface area contributed by atoms with Crippen molar-refractivity contribution < 1.29 is 4.79 Å². The van der Waals surface area contributed by atoms with Crippen LogP contribution in [0.2, 0.25) is 0 Å². The number of amides is 1. The Labute approximate surface area is 142 Å². The van der Waals surface area contributed by atoms with E-state index in [9.17, 15) is 4.79 Å². The van der Waals surface area contributed by atoms with Gasteiger partial charge in [-0.1, -0.05) is 6.07 Å². The number of benzene rings is 1. The number of likely N-dealkylation sites (N-methyl/N-ethyl adjacent to an activating group) is 1. The van der Waals surface area contributed by atoms with Crippen molar-refractivity contribution in [3.05, 3.63) is 47.0 Å². The van der Waals surface area contributed by atoms with Gasteiger partial charge in [0.2, 0.25) is 0 Å². The van der Waals surface area contributed by atoms with Crippen molar-refractivity contribution >= 4 is 17.5 Å². The van der Waals surface area contributed by atoms with E-state index in [-0.39, 0.29) is 5.91 Å². The maximum Gasteiger partial charge on any atom is 0.256 e. The van der Waals surface area contributed by atoms with E-state index in [1.165, 1.54) is 5.56 Å². The van der Waals surface area contributed by atoms with Crippen LogP contribution < -0.4 is 10.2 Å². The lowest BCUT2D eigenvalue weighted by molar-refractivity contribution is 0.102. The zero-order chi connectivity index (χ0) is 17.1. The second-order valence-electron chi connectivity index (χ2n) is 6.32. The fourth-order valence-electron chi connectivity index (χ4n) is 2.67. The number of nitrogens with one attached hydrogen (secondary N) is 1. The molecule has 126 valence electrons. The molecule has 1 fully saturated rings. The molecule has 1 aliphatic heterocycles. The van der Waals surface area contributed by atoms with Crippen LogP contribution >= 0.6 is 0 Å². The van der Waals surface area contributed by atoms with Crippen LogP contribution in [0.25, 0.3) is 0 Å². The summed E-state index contributed by atoms with van der Waals surface area (Å²) in [4.78, 5) is 16.8. The molecule has 0 radical (unpaired) electrons. The van der Waals surface area contributed by atoms with E-state index >= 15 is 0 Å². The monoisotopic (exact) mass is 325 g/mol. The maximum absolute atomic E-state index is 12.3. The van der Waals surface area contributed by atoms with Gasteiger partial charge in [-0.3, -0.25) is 4.79 Å². The molecule has 1 amide bonds. The number of aromatic nitrogens is 2. The Kier molecular flexibility index (Phi) is 4.76. The number of piperazine rings is 1. The van der Waals surface area contributed by atoms with Crippen molar-refractivity contribution in [1.82, 2.24) is 15.1 Å². The maximum atomic E-state index is 12.3. The van der Waals surface area contributed by atoms with Crippen molar-refractivity contribution in [2.75, 3.05) is 43.4 Å². The van der Waals surface area contributed by atoms with Gasteiger partial charge in [0.15, 0.2) is 11.6 Å². The van der Waals surface area contributed by atoms with Crippen LogP contribution in [0.5, 0.6) is 0 Å². The summed E-state index contributed by atoms with van der Waals surface area (Å²) in [5, 5.41) is 11.2. The third-order valence-corrected chi connectivity index (χ3v) is 4.49. The van der Waals surface area contributed by atoms with Crippen molar-refractivity contribution in [3.8, 4) is 0 Å². The van der Waals surface area contributed by atoms with Gasteiger partial charge in [0.25, 0.3) is 5.91 Å². The van der Waals surface area contributed by atoms with Gasteiger partial charge in [0.1, 0.15) is 0 Å². The fourth-order valence-corrected chi connectivity index (χ4v) is 2.67. The number of hydrogen-bond donors (Lipinski definition) is 1. The van der Waals surface area contributed by atoms with Gasteiger partial charge in [-0.2, -0.15) is 0 Å². The van der Waals surface area contributed by atoms with Crippen LogP contribution in [0, 0.1) is 13.8 Å².